The fraction of sp³-hybridized carbons (Fsp3) is 0.385. The molecule has 1 N–H and O–H groups in total. The molecule has 0 aliphatic heterocycles. The van der Waals surface area contributed by atoms with E-state index in [2.05, 4.69) is 5.32 Å². The molecule has 0 bridgehead atoms. The van der Waals surface area contributed by atoms with Crippen LogP contribution in [0.5, 0.6) is 5.75 Å². The van der Waals surface area contributed by atoms with E-state index in [9.17, 15) is 9.59 Å². The van der Waals surface area contributed by atoms with Gasteiger partial charge in [0.15, 0.2) is 0 Å². The lowest BCUT2D eigenvalue weighted by Crippen LogP contribution is -2.34. The summed E-state index contributed by atoms with van der Waals surface area (Å²) in [6.45, 7) is 5.34. The van der Waals surface area contributed by atoms with Gasteiger partial charge >= 0.3 is 5.97 Å². The fourth-order valence-electron chi connectivity index (χ4n) is 1.21. The summed E-state index contributed by atoms with van der Waals surface area (Å²) < 4.78 is 5.07. The second kappa shape index (κ2) is 6.03. The predicted molar refractivity (Wildman–Crippen MR) is 64.7 cm³/mol. The van der Waals surface area contributed by atoms with Gasteiger partial charge in [-0.15, -0.1) is 0 Å². The third kappa shape index (κ3) is 4.68. The number of carbonyl (C=O) groups is 2. The molecule has 1 aromatic carbocycles. The molecule has 1 rings (SSSR count). The molecule has 4 nitrogen and oxygen atoms in total. The van der Waals surface area contributed by atoms with E-state index in [1.165, 1.54) is 0 Å². The summed E-state index contributed by atoms with van der Waals surface area (Å²) in [6, 6.07) is 7.19. The van der Waals surface area contributed by atoms with Crippen LogP contribution in [0.4, 0.5) is 0 Å². The number of benzene rings is 1. The number of amides is 1. The molecule has 0 aliphatic rings. The quantitative estimate of drug-likeness (QED) is 0.638. The van der Waals surface area contributed by atoms with Crippen LogP contribution in [0.15, 0.2) is 24.3 Å². The number of hydrogen-bond donors (Lipinski definition) is 1. The topological polar surface area (TPSA) is 55.4 Å². The molecule has 0 saturated heterocycles. The Kier molecular flexibility index (Phi) is 4.69. The van der Waals surface area contributed by atoms with Crippen LogP contribution in [-0.4, -0.2) is 18.4 Å². The summed E-state index contributed by atoms with van der Waals surface area (Å²) in [7, 11) is 0. The van der Waals surface area contributed by atoms with Crippen molar-refractivity contribution < 1.29 is 14.3 Å². The van der Waals surface area contributed by atoms with Crippen molar-refractivity contribution >= 4 is 11.9 Å². The van der Waals surface area contributed by atoms with Crippen LogP contribution < -0.4 is 10.1 Å². The van der Waals surface area contributed by atoms with Crippen molar-refractivity contribution in [3.63, 3.8) is 0 Å². The average molecular weight is 235 g/mol. The van der Waals surface area contributed by atoms with Crippen molar-refractivity contribution in [1.29, 1.82) is 0 Å². The van der Waals surface area contributed by atoms with Crippen molar-refractivity contribution in [3.8, 4) is 5.75 Å². The Bertz CT molecular complexity index is 413. The minimum atomic E-state index is -0.468. The summed E-state index contributed by atoms with van der Waals surface area (Å²) in [5.41, 5.74) is 1.02. The molecule has 0 aromatic heterocycles. The lowest BCUT2D eigenvalue weighted by atomic mass is 10.2. The summed E-state index contributed by atoms with van der Waals surface area (Å²) in [5, 5.41) is 2.50. The maximum Gasteiger partial charge on any atom is 0.330 e. The zero-order valence-corrected chi connectivity index (χ0v) is 10.3. The normalized spacial score (nSPS) is 10.1. The number of nitrogens with one attached hydrogen (secondary N) is 1. The Morgan fingerprint density at radius 1 is 1.35 bits per heavy atom. The minimum Gasteiger partial charge on any atom is -0.425 e. The fourth-order valence-corrected chi connectivity index (χ4v) is 1.21. The Hall–Kier alpha value is -1.84. The highest BCUT2D eigenvalue weighted by atomic mass is 16.5. The van der Waals surface area contributed by atoms with Crippen LogP contribution in [0.3, 0.4) is 0 Å². The first-order chi connectivity index (χ1) is 7.99. The molecule has 17 heavy (non-hydrogen) atoms. The van der Waals surface area contributed by atoms with Gasteiger partial charge in [-0.2, -0.15) is 0 Å². The molecular weight excluding hydrogens is 218 g/mol. The predicted octanol–water partition coefficient (Wildman–Crippen LogP) is 1.67. The largest absolute Gasteiger partial charge is 0.425 e. The first kappa shape index (κ1) is 13.2. The Morgan fingerprint density at radius 2 is 2.06 bits per heavy atom. The molecule has 0 radical (unpaired) electrons. The number of aryl methyl sites for hydroxylation is 1. The highest BCUT2D eigenvalue weighted by Gasteiger charge is 2.10. The zero-order valence-electron chi connectivity index (χ0n) is 10.3. The molecule has 0 unspecified atom stereocenters. The molecular formula is C13H17NO3. The average Bonchev–Trinajstić information content (AvgIpc) is 2.25. The van der Waals surface area contributed by atoms with Gasteiger partial charge in [-0.25, -0.2) is 4.79 Å². The van der Waals surface area contributed by atoms with Crippen LogP contribution in [0, 0.1) is 12.8 Å². The number of hydrogen-bond acceptors (Lipinski definition) is 3. The van der Waals surface area contributed by atoms with E-state index in [1.807, 2.05) is 19.1 Å². The monoisotopic (exact) mass is 235 g/mol. The molecule has 0 fully saturated rings. The summed E-state index contributed by atoms with van der Waals surface area (Å²) in [5.74, 6) is -0.272. The highest BCUT2D eigenvalue weighted by molar-refractivity contribution is 5.83. The van der Waals surface area contributed by atoms with Gasteiger partial charge in [0.25, 0.3) is 0 Å². The Morgan fingerprint density at radius 3 is 2.65 bits per heavy atom. The van der Waals surface area contributed by atoms with E-state index >= 15 is 0 Å². The van der Waals surface area contributed by atoms with Crippen LogP contribution in [0.25, 0.3) is 0 Å². The second-order valence-corrected chi connectivity index (χ2v) is 4.16. The maximum atomic E-state index is 11.4. The molecule has 0 aliphatic carbocycles. The van der Waals surface area contributed by atoms with Crippen molar-refractivity contribution in [1.82, 2.24) is 5.32 Å². The van der Waals surface area contributed by atoms with Gasteiger partial charge in [0.1, 0.15) is 12.3 Å². The molecule has 0 atom stereocenters. The number of rotatable bonds is 4. The van der Waals surface area contributed by atoms with Gasteiger partial charge in [-0.1, -0.05) is 26.0 Å². The SMILES string of the molecule is Cc1cccc(OC(=O)CNC(=O)C(C)C)c1. The smallest absolute Gasteiger partial charge is 0.330 e. The highest BCUT2D eigenvalue weighted by Crippen LogP contribution is 2.12. The molecule has 4 heteroatoms. The summed E-state index contributed by atoms with van der Waals surface area (Å²) >= 11 is 0. The standard InChI is InChI=1S/C13H17NO3/c1-9(2)13(16)14-8-12(15)17-11-6-4-5-10(3)7-11/h4-7,9H,8H2,1-3H3,(H,14,16). The first-order valence-corrected chi connectivity index (χ1v) is 5.54. The molecule has 1 amide bonds. The first-order valence-electron chi connectivity index (χ1n) is 5.54. The van der Waals surface area contributed by atoms with Gasteiger partial charge in [-0.3, -0.25) is 4.79 Å². The van der Waals surface area contributed by atoms with Gasteiger partial charge in [0.05, 0.1) is 0 Å². The molecule has 92 valence electrons. The number of esters is 1. The van der Waals surface area contributed by atoms with Crippen molar-refractivity contribution in [2.75, 3.05) is 6.54 Å². The maximum absolute atomic E-state index is 11.4. The van der Waals surface area contributed by atoms with Crippen LogP contribution in [0.1, 0.15) is 19.4 Å². The lowest BCUT2D eigenvalue weighted by molar-refractivity contribution is -0.136. The molecule has 0 spiro atoms. The van der Waals surface area contributed by atoms with E-state index in [0.717, 1.165) is 5.56 Å². The van der Waals surface area contributed by atoms with Gasteiger partial charge in [-0.05, 0) is 24.6 Å². The van der Waals surface area contributed by atoms with Crippen molar-refractivity contribution in [2.24, 2.45) is 5.92 Å². The Balaban J connectivity index is 2.43. The van der Waals surface area contributed by atoms with Crippen LogP contribution in [-0.2, 0) is 9.59 Å². The van der Waals surface area contributed by atoms with Crippen molar-refractivity contribution in [2.45, 2.75) is 20.8 Å². The van der Waals surface area contributed by atoms with Crippen LogP contribution >= 0.6 is 0 Å². The van der Waals surface area contributed by atoms with Gasteiger partial charge < -0.3 is 10.1 Å². The van der Waals surface area contributed by atoms with Gasteiger partial charge in [0.2, 0.25) is 5.91 Å². The number of carbonyl (C=O) groups excluding carboxylic acids is 2. The summed E-state index contributed by atoms with van der Waals surface area (Å²) in [4.78, 5) is 22.6. The van der Waals surface area contributed by atoms with E-state index in [0.29, 0.717) is 5.75 Å². The van der Waals surface area contributed by atoms with E-state index in [1.54, 1.807) is 26.0 Å². The summed E-state index contributed by atoms with van der Waals surface area (Å²) in [6.07, 6.45) is 0. The zero-order chi connectivity index (χ0) is 12.8. The number of ether oxygens (including phenoxy) is 1. The van der Waals surface area contributed by atoms with E-state index in [4.69, 9.17) is 4.74 Å². The van der Waals surface area contributed by atoms with E-state index < -0.39 is 5.97 Å². The third-order valence-corrected chi connectivity index (χ3v) is 2.15. The molecule has 0 heterocycles. The second-order valence-electron chi connectivity index (χ2n) is 4.16. The van der Waals surface area contributed by atoms with Crippen LogP contribution in [0.2, 0.25) is 0 Å². The van der Waals surface area contributed by atoms with Gasteiger partial charge in [0, 0.05) is 5.92 Å². The van der Waals surface area contributed by atoms with E-state index in [-0.39, 0.29) is 18.4 Å². The molecule has 1 aromatic rings. The lowest BCUT2D eigenvalue weighted by Gasteiger charge is -2.08. The molecule has 0 saturated carbocycles. The third-order valence-electron chi connectivity index (χ3n) is 2.15. The Labute approximate surface area is 101 Å². The minimum absolute atomic E-state index is 0.106. The van der Waals surface area contributed by atoms with Crippen molar-refractivity contribution in [3.05, 3.63) is 29.8 Å².